The minimum atomic E-state index is -0.835. The molecule has 1 fully saturated rings. The second-order valence-electron chi connectivity index (χ2n) is 8.31. The first-order chi connectivity index (χ1) is 16.5. The number of benzene rings is 1. The Morgan fingerprint density at radius 1 is 1.15 bits per heavy atom. The average molecular weight is 464 g/mol. The minimum absolute atomic E-state index is 0.232. The predicted octanol–water partition coefficient (Wildman–Crippen LogP) is 1.44. The lowest BCUT2D eigenvalue weighted by atomic mass is 10.1. The molecule has 4 heterocycles. The van der Waals surface area contributed by atoms with Gasteiger partial charge in [0, 0.05) is 38.3 Å². The number of piperazine rings is 1. The Morgan fingerprint density at radius 2 is 1.94 bits per heavy atom. The normalized spacial score (nSPS) is 15.6. The first kappa shape index (κ1) is 22.1. The topological polar surface area (TPSA) is 114 Å². The fourth-order valence-electron chi connectivity index (χ4n) is 4.34. The van der Waals surface area contributed by atoms with Crippen LogP contribution in [0.25, 0.3) is 16.7 Å². The fourth-order valence-corrected chi connectivity index (χ4v) is 4.34. The molecule has 10 nitrogen and oxygen atoms in total. The van der Waals surface area contributed by atoms with Crippen molar-refractivity contribution >= 4 is 28.3 Å². The highest BCUT2D eigenvalue weighted by Gasteiger charge is 2.22. The van der Waals surface area contributed by atoms with E-state index in [0.717, 1.165) is 25.0 Å². The van der Waals surface area contributed by atoms with Crippen LogP contribution in [0.4, 0.5) is 16.0 Å². The van der Waals surface area contributed by atoms with Gasteiger partial charge in [-0.3, -0.25) is 4.90 Å². The summed E-state index contributed by atoms with van der Waals surface area (Å²) in [5.74, 6) is 5.91. The number of hydrogen-bond donors (Lipinski definition) is 2. The molecule has 5 rings (SSSR count). The van der Waals surface area contributed by atoms with E-state index in [0.29, 0.717) is 48.0 Å². The Balaban J connectivity index is 1.27. The van der Waals surface area contributed by atoms with Crippen molar-refractivity contribution in [2.24, 2.45) is 0 Å². The molecule has 0 amide bonds. The lowest BCUT2D eigenvalue weighted by Crippen LogP contribution is -2.47. The molecule has 0 bridgehead atoms. The maximum Gasteiger partial charge on any atom is 0.226 e. The van der Waals surface area contributed by atoms with E-state index in [4.69, 9.17) is 5.73 Å². The van der Waals surface area contributed by atoms with Gasteiger partial charge in [0.25, 0.3) is 0 Å². The van der Waals surface area contributed by atoms with E-state index in [1.165, 1.54) is 4.52 Å². The lowest BCUT2D eigenvalue weighted by Gasteiger charge is -2.36. The number of nitrogens with two attached hydrogens (primary N) is 1. The maximum atomic E-state index is 14.8. The van der Waals surface area contributed by atoms with E-state index in [2.05, 4.69) is 36.9 Å². The molecule has 3 N–H and O–H groups in total. The van der Waals surface area contributed by atoms with E-state index in [-0.39, 0.29) is 11.8 Å². The zero-order valence-electron chi connectivity index (χ0n) is 19.1. The van der Waals surface area contributed by atoms with Crippen molar-refractivity contribution in [1.82, 2.24) is 34.3 Å². The summed E-state index contributed by atoms with van der Waals surface area (Å²) in [5, 5.41) is 19.4. The van der Waals surface area contributed by atoms with Gasteiger partial charge >= 0.3 is 0 Å². The van der Waals surface area contributed by atoms with E-state index < -0.39 is 6.10 Å². The zero-order chi connectivity index (χ0) is 23.8. The van der Waals surface area contributed by atoms with Crippen LogP contribution < -0.4 is 10.6 Å². The van der Waals surface area contributed by atoms with Crippen molar-refractivity contribution in [1.29, 1.82) is 0 Å². The summed E-state index contributed by atoms with van der Waals surface area (Å²) in [7, 11) is 0. The van der Waals surface area contributed by atoms with Crippen molar-refractivity contribution in [2.75, 3.05) is 43.4 Å². The molecule has 11 heteroatoms. The first-order valence-electron chi connectivity index (χ1n) is 11.2. The SMILES string of the molecule is CC#Cc1nc2c3cnn(CCN4CCN(c5cccc(C(C)O)c5F)CC4)c3nc(N)n2n1. The van der Waals surface area contributed by atoms with Crippen LogP contribution >= 0.6 is 0 Å². The number of aliphatic hydroxyl groups excluding tert-OH is 1. The fraction of sp³-hybridized carbons (Fsp3) is 0.391. The summed E-state index contributed by atoms with van der Waals surface area (Å²) in [6.45, 7) is 7.69. The smallest absolute Gasteiger partial charge is 0.226 e. The van der Waals surface area contributed by atoms with Gasteiger partial charge in [0.2, 0.25) is 11.8 Å². The second kappa shape index (κ2) is 8.89. The summed E-state index contributed by atoms with van der Waals surface area (Å²) in [4.78, 5) is 13.3. The Hall–Kier alpha value is -3.75. The van der Waals surface area contributed by atoms with Crippen LogP contribution in [0.15, 0.2) is 24.4 Å². The van der Waals surface area contributed by atoms with Gasteiger partial charge in [-0.2, -0.15) is 19.6 Å². The van der Waals surface area contributed by atoms with Crippen molar-refractivity contribution in [3.8, 4) is 11.8 Å². The summed E-state index contributed by atoms with van der Waals surface area (Å²) in [5.41, 5.74) is 8.22. The van der Waals surface area contributed by atoms with Crippen LogP contribution in [0, 0.1) is 17.7 Å². The molecule has 1 aromatic carbocycles. The van der Waals surface area contributed by atoms with Gasteiger partial charge in [-0.05, 0) is 25.8 Å². The van der Waals surface area contributed by atoms with Gasteiger partial charge in [0.05, 0.1) is 29.9 Å². The number of hydrogen-bond acceptors (Lipinski definition) is 8. The van der Waals surface area contributed by atoms with Gasteiger partial charge in [0.15, 0.2) is 17.1 Å². The Labute approximate surface area is 195 Å². The summed E-state index contributed by atoms with van der Waals surface area (Å²) in [6, 6.07) is 5.18. The molecule has 1 aliphatic rings. The van der Waals surface area contributed by atoms with Gasteiger partial charge in [-0.15, -0.1) is 5.10 Å². The van der Waals surface area contributed by atoms with Crippen LogP contribution in [-0.2, 0) is 6.54 Å². The number of rotatable bonds is 5. The highest BCUT2D eigenvalue weighted by molar-refractivity contribution is 5.89. The standard InChI is InChI=1S/C23H26FN9O/c1-3-5-19-27-22-17-14-26-32(21(17)28-23(25)33(22)29-19)13-10-30-8-11-31(12-9-30)18-7-4-6-16(15(2)34)20(18)24/h4,6-7,14-15,34H,8-13H2,1-2H3,(H2,25,28). The van der Waals surface area contributed by atoms with E-state index in [1.54, 1.807) is 38.2 Å². The third-order valence-corrected chi connectivity index (χ3v) is 6.13. The Morgan fingerprint density at radius 3 is 2.68 bits per heavy atom. The molecule has 0 aliphatic carbocycles. The number of nitrogens with zero attached hydrogens (tertiary/aromatic N) is 8. The van der Waals surface area contributed by atoms with Gasteiger partial charge < -0.3 is 15.7 Å². The van der Waals surface area contributed by atoms with Gasteiger partial charge in [0.1, 0.15) is 0 Å². The molecule has 1 atom stereocenters. The van der Waals surface area contributed by atoms with Crippen LogP contribution in [-0.4, -0.2) is 72.1 Å². The molecule has 0 saturated carbocycles. The number of aliphatic hydroxyl groups is 1. The van der Waals surface area contributed by atoms with Crippen molar-refractivity contribution in [2.45, 2.75) is 26.5 Å². The number of halogens is 1. The molecule has 1 aliphatic heterocycles. The van der Waals surface area contributed by atoms with Crippen molar-refractivity contribution in [3.63, 3.8) is 0 Å². The summed E-state index contributed by atoms with van der Waals surface area (Å²) >= 11 is 0. The highest BCUT2D eigenvalue weighted by Crippen LogP contribution is 2.27. The Bertz CT molecular complexity index is 1410. The molecular weight excluding hydrogens is 437 g/mol. The molecule has 1 unspecified atom stereocenters. The lowest BCUT2D eigenvalue weighted by molar-refractivity contribution is 0.194. The van der Waals surface area contributed by atoms with Crippen molar-refractivity contribution < 1.29 is 9.50 Å². The van der Waals surface area contributed by atoms with E-state index >= 15 is 0 Å². The number of anilines is 2. The quantitative estimate of drug-likeness (QED) is 0.428. The van der Waals surface area contributed by atoms with Crippen LogP contribution in [0.2, 0.25) is 0 Å². The minimum Gasteiger partial charge on any atom is -0.389 e. The van der Waals surface area contributed by atoms with E-state index in [1.807, 2.05) is 9.58 Å². The Kier molecular flexibility index (Phi) is 5.77. The number of nitrogen functional groups attached to an aromatic ring is 1. The first-order valence-corrected chi connectivity index (χ1v) is 11.2. The summed E-state index contributed by atoms with van der Waals surface area (Å²) < 4.78 is 18.1. The number of fused-ring (bicyclic) bond motifs is 3. The molecule has 4 aromatic rings. The summed E-state index contributed by atoms with van der Waals surface area (Å²) in [6.07, 6.45) is 0.892. The van der Waals surface area contributed by atoms with Crippen LogP contribution in [0.1, 0.15) is 31.3 Å². The maximum absolute atomic E-state index is 14.8. The molecule has 0 radical (unpaired) electrons. The third kappa shape index (κ3) is 3.91. The predicted molar refractivity (Wildman–Crippen MR) is 127 cm³/mol. The monoisotopic (exact) mass is 463 g/mol. The average Bonchev–Trinajstić information content (AvgIpc) is 3.43. The molecule has 1 saturated heterocycles. The van der Waals surface area contributed by atoms with Gasteiger partial charge in [-0.1, -0.05) is 18.1 Å². The molecule has 3 aromatic heterocycles. The number of aromatic nitrogens is 6. The van der Waals surface area contributed by atoms with Crippen molar-refractivity contribution in [3.05, 3.63) is 41.6 Å². The molecule has 34 heavy (non-hydrogen) atoms. The zero-order valence-corrected chi connectivity index (χ0v) is 19.1. The molecule has 0 spiro atoms. The van der Waals surface area contributed by atoms with E-state index in [9.17, 15) is 9.50 Å². The third-order valence-electron chi connectivity index (χ3n) is 6.13. The largest absolute Gasteiger partial charge is 0.389 e. The van der Waals surface area contributed by atoms with Crippen LogP contribution in [0.3, 0.4) is 0 Å². The highest BCUT2D eigenvalue weighted by atomic mass is 19.1. The van der Waals surface area contributed by atoms with Crippen LogP contribution in [0.5, 0.6) is 0 Å². The molecular formula is C23H26FN9O. The molecule has 176 valence electrons. The van der Waals surface area contributed by atoms with Gasteiger partial charge in [-0.25, -0.2) is 9.07 Å². The second-order valence-corrected chi connectivity index (χ2v) is 8.31.